The van der Waals surface area contributed by atoms with Gasteiger partial charge in [0, 0.05) is 35.8 Å². The first-order chi connectivity index (χ1) is 16.5. The van der Waals surface area contributed by atoms with E-state index in [0.29, 0.717) is 19.3 Å². The molecule has 3 amide bonds. The van der Waals surface area contributed by atoms with Gasteiger partial charge in [-0.25, -0.2) is 9.59 Å². The molecule has 0 fully saturated rings. The average Bonchev–Trinajstić information content (AvgIpc) is 2.82. The van der Waals surface area contributed by atoms with Gasteiger partial charge in [-0.05, 0) is 25.7 Å². The molecule has 0 saturated carbocycles. The van der Waals surface area contributed by atoms with Gasteiger partial charge in [0.05, 0.1) is 6.61 Å². The molecule has 0 radical (unpaired) electrons. The molecule has 0 aromatic heterocycles. The Kier molecular flexibility index (Phi) is 17.3. The molecule has 6 N–H and O–H groups in total. The topological polar surface area (TPSA) is 182 Å². The molecule has 202 valence electrons. The van der Waals surface area contributed by atoms with E-state index in [0.717, 1.165) is 21.6 Å². The van der Waals surface area contributed by atoms with Crippen molar-refractivity contribution in [3.05, 3.63) is 0 Å². The SMILES string of the molecule is CCC(C)C(=O)NC(CSSCC(NC(=O)C(CC)CC(CC)C(=O)NCCO)C(=O)O)C(=O)O. The van der Waals surface area contributed by atoms with Crippen LogP contribution in [0, 0.1) is 17.8 Å². The number of nitrogens with one attached hydrogen (secondary N) is 3. The number of aliphatic hydroxyl groups is 1. The summed E-state index contributed by atoms with van der Waals surface area (Å²) in [5, 5.41) is 35.3. The number of hydrogen-bond donors (Lipinski definition) is 6. The molecular weight excluding hydrogens is 498 g/mol. The Morgan fingerprint density at radius 2 is 1.20 bits per heavy atom. The molecule has 0 heterocycles. The summed E-state index contributed by atoms with van der Waals surface area (Å²) in [5.74, 6) is -4.81. The summed E-state index contributed by atoms with van der Waals surface area (Å²) < 4.78 is 0. The monoisotopic (exact) mass is 537 g/mol. The second-order valence-electron chi connectivity index (χ2n) is 8.14. The van der Waals surface area contributed by atoms with Crippen LogP contribution in [-0.2, 0) is 24.0 Å². The highest BCUT2D eigenvalue weighted by molar-refractivity contribution is 8.76. The molecule has 13 heteroatoms. The lowest BCUT2D eigenvalue weighted by Gasteiger charge is -2.23. The van der Waals surface area contributed by atoms with Crippen molar-refractivity contribution in [2.75, 3.05) is 24.7 Å². The van der Waals surface area contributed by atoms with E-state index in [1.54, 1.807) is 13.8 Å². The van der Waals surface area contributed by atoms with E-state index < -0.39 is 41.8 Å². The van der Waals surface area contributed by atoms with E-state index in [1.165, 1.54) is 0 Å². The number of hydrogen-bond acceptors (Lipinski definition) is 8. The van der Waals surface area contributed by atoms with Crippen LogP contribution in [0.15, 0.2) is 0 Å². The minimum Gasteiger partial charge on any atom is -0.480 e. The van der Waals surface area contributed by atoms with Crippen molar-refractivity contribution in [2.24, 2.45) is 17.8 Å². The lowest BCUT2D eigenvalue weighted by molar-refractivity contribution is -0.142. The Morgan fingerprint density at radius 3 is 1.60 bits per heavy atom. The van der Waals surface area contributed by atoms with Gasteiger partial charge in [-0.15, -0.1) is 0 Å². The molecule has 5 atom stereocenters. The Labute approximate surface area is 214 Å². The van der Waals surface area contributed by atoms with E-state index in [1.807, 2.05) is 13.8 Å². The summed E-state index contributed by atoms with van der Waals surface area (Å²) in [5.41, 5.74) is 0. The minimum absolute atomic E-state index is 0.0119. The molecular formula is C22H39N3O8S2. The van der Waals surface area contributed by atoms with Crippen molar-refractivity contribution in [2.45, 2.75) is 65.5 Å². The zero-order valence-corrected chi connectivity index (χ0v) is 22.4. The number of carbonyl (C=O) groups is 5. The molecule has 11 nitrogen and oxygen atoms in total. The van der Waals surface area contributed by atoms with Crippen molar-refractivity contribution in [3.63, 3.8) is 0 Å². The molecule has 0 aromatic carbocycles. The van der Waals surface area contributed by atoms with Crippen LogP contribution in [0.4, 0.5) is 0 Å². The summed E-state index contributed by atoms with van der Waals surface area (Å²) in [6.07, 6.45) is 1.74. The zero-order chi connectivity index (χ0) is 27.0. The predicted molar refractivity (Wildman–Crippen MR) is 136 cm³/mol. The summed E-state index contributed by atoms with van der Waals surface area (Å²) in [6.45, 7) is 7.05. The highest BCUT2D eigenvalue weighted by Gasteiger charge is 2.29. The van der Waals surface area contributed by atoms with E-state index in [2.05, 4.69) is 16.0 Å². The fourth-order valence-corrected chi connectivity index (χ4v) is 5.27. The molecule has 35 heavy (non-hydrogen) atoms. The number of aliphatic carboxylic acids is 2. The number of aliphatic hydroxyl groups excluding tert-OH is 1. The molecule has 0 bridgehead atoms. The maximum absolute atomic E-state index is 12.7. The van der Waals surface area contributed by atoms with Crippen LogP contribution in [0.1, 0.15) is 53.4 Å². The molecule has 5 unspecified atom stereocenters. The van der Waals surface area contributed by atoms with Crippen molar-refractivity contribution in [3.8, 4) is 0 Å². The predicted octanol–water partition coefficient (Wildman–Crippen LogP) is 1.10. The van der Waals surface area contributed by atoms with Crippen molar-refractivity contribution in [1.29, 1.82) is 0 Å². The highest BCUT2D eigenvalue weighted by atomic mass is 33.1. The Balaban J connectivity index is 4.87. The van der Waals surface area contributed by atoms with Crippen LogP contribution < -0.4 is 16.0 Å². The van der Waals surface area contributed by atoms with Gasteiger partial charge in [-0.2, -0.15) is 0 Å². The third kappa shape index (κ3) is 13.0. The fourth-order valence-electron chi connectivity index (χ4n) is 2.96. The Bertz CT molecular complexity index is 710. The number of rotatable bonds is 19. The highest BCUT2D eigenvalue weighted by Crippen LogP contribution is 2.24. The first-order valence-corrected chi connectivity index (χ1v) is 14.2. The van der Waals surface area contributed by atoms with Gasteiger partial charge in [0.2, 0.25) is 17.7 Å². The molecule has 0 rings (SSSR count). The van der Waals surface area contributed by atoms with Gasteiger partial charge in [0.25, 0.3) is 0 Å². The lowest BCUT2D eigenvalue weighted by atomic mass is 9.89. The quantitative estimate of drug-likeness (QED) is 0.103. The van der Waals surface area contributed by atoms with E-state index in [-0.39, 0.29) is 48.8 Å². The van der Waals surface area contributed by atoms with Gasteiger partial charge in [-0.3, -0.25) is 14.4 Å². The number of carbonyl (C=O) groups excluding carboxylic acids is 3. The number of carboxylic acids is 2. The smallest absolute Gasteiger partial charge is 0.327 e. The average molecular weight is 538 g/mol. The summed E-state index contributed by atoms with van der Waals surface area (Å²) in [6, 6.07) is -2.31. The van der Waals surface area contributed by atoms with Crippen LogP contribution in [0.5, 0.6) is 0 Å². The number of amides is 3. The standard InChI is InChI=1S/C22H39N3O8S2/c1-5-13(4)18(27)24-16(21(30)31)11-34-35-12-17(22(32)33)25-20(29)15(7-3)10-14(6-2)19(28)23-8-9-26/h13-17,26H,5-12H2,1-4H3,(H,23,28)(H,24,27)(H,25,29)(H,30,31)(H,32,33). The summed E-state index contributed by atoms with van der Waals surface area (Å²) >= 11 is 0. The largest absolute Gasteiger partial charge is 0.480 e. The third-order valence-electron chi connectivity index (χ3n) is 5.55. The van der Waals surface area contributed by atoms with E-state index in [9.17, 15) is 34.2 Å². The minimum atomic E-state index is -1.23. The van der Waals surface area contributed by atoms with Gasteiger partial charge in [-0.1, -0.05) is 49.3 Å². The second-order valence-corrected chi connectivity index (χ2v) is 10.7. The molecule has 0 aliphatic rings. The molecule has 0 saturated heterocycles. The molecule has 0 spiro atoms. The van der Waals surface area contributed by atoms with E-state index >= 15 is 0 Å². The van der Waals surface area contributed by atoms with Crippen LogP contribution in [0.3, 0.4) is 0 Å². The van der Waals surface area contributed by atoms with Gasteiger partial charge in [0.1, 0.15) is 12.1 Å². The van der Waals surface area contributed by atoms with E-state index in [4.69, 9.17) is 5.11 Å². The van der Waals surface area contributed by atoms with Crippen LogP contribution >= 0.6 is 21.6 Å². The van der Waals surface area contributed by atoms with Crippen LogP contribution in [0.25, 0.3) is 0 Å². The second kappa shape index (κ2) is 18.3. The summed E-state index contributed by atoms with van der Waals surface area (Å²) in [4.78, 5) is 60.0. The Morgan fingerprint density at radius 1 is 0.743 bits per heavy atom. The van der Waals surface area contributed by atoms with Crippen molar-refractivity contribution >= 4 is 51.2 Å². The van der Waals surface area contributed by atoms with Gasteiger partial charge in [0.15, 0.2) is 0 Å². The fraction of sp³-hybridized carbons (Fsp3) is 0.773. The normalized spacial score (nSPS) is 15.2. The van der Waals surface area contributed by atoms with Crippen LogP contribution in [0.2, 0.25) is 0 Å². The molecule has 0 aliphatic carbocycles. The molecule has 0 aromatic rings. The zero-order valence-electron chi connectivity index (χ0n) is 20.7. The molecule has 0 aliphatic heterocycles. The van der Waals surface area contributed by atoms with Crippen molar-refractivity contribution in [1.82, 2.24) is 16.0 Å². The maximum atomic E-state index is 12.7. The van der Waals surface area contributed by atoms with Gasteiger partial charge >= 0.3 is 11.9 Å². The Hall–Kier alpha value is -1.99. The van der Waals surface area contributed by atoms with Crippen LogP contribution in [-0.4, -0.2) is 81.7 Å². The third-order valence-corrected chi connectivity index (χ3v) is 7.97. The van der Waals surface area contributed by atoms with Crippen molar-refractivity contribution < 1.29 is 39.3 Å². The first-order valence-electron chi connectivity index (χ1n) is 11.7. The number of carboxylic acid groups (broad SMARTS) is 2. The van der Waals surface area contributed by atoms with Gasteiger partial charge < -0.3 is 31.3 Å². The first kappa shape index (κ1) is 33.0. The maximum Gasteiger partial charge on any atom is 0.327 e. The summed E-state index contributed by atoms with van der Waals surface area (Å²) in [7, 11) is 2.19. The lowest BCUT2D eigenvalue weighted by Crippen LogP contribution is -2.46.